The van der Waals surface area contributed by atoms with Crippen LogP contribution in [-0.4, -0.2) is 23.9 Å². The van der Waals surface area contributed by atoms with E-state index in [1.165, 1.54) is 11.0 Å². The molecule has 0 aliphatic carbocycles. The van der Waals surface area contributed by atoms with E-state index in [0.29, 0.717) is 5.56 Å². The SMILES string of the molecule is CC1NC(c2ccccc2F)N(C)C1=O. The van der Waals surface area contributed by atoms with Crippen molar-refractivity contribution >= 4 is 5.91 Å². The maximum atomic E-state index is 13.5. The molecule has 1 aromatic carbocycles. The van der Waals surface area contributed by atoms with Gasteiger partial charge in [0.05, 0.1) is 6.04 Å². The highest BCUT2D eigenvalue weighted by Gasteiger charge is 2.35. The number of nitrogens with one attached hydrogen (secondary N) is 1. The van der Waals surface area contributed by atoms with Crippen molar-refractivity contribution in [1.82, 2.24) is 10.2 Å². The molecule has 0 saturated carbocycles. The zero-order valence-electron chi connectivity index (χ0n) is 8.70. The number of benzene rings is 1. The molecule has 2 atom stereocenters. The number of halogens is 1. The van der Waals surface area contributed by atoms with Crippen LogP contribution < -0.4 is 5.32 Å². The van der Waals surface area contributed by atoms with Crippen LogP contribution in [0.5, 0.6) is 0 Å². The minimum atomic E-state index is -0.353. The number of carbonyl (C=O) groups is 1. The quantitative estimate of drug-likeness (QED) is 0.754. The van der Waals surface area contributed by atoms with Gasteiger partial charge in [0.15, 0.2) is 0 Å². The number of likely N-dealkylation sites (N-methyl/N-ethyl adjacent to an activating group) is 1. The van der Waals surface area contributed by atoms with Gasteiger partial charge in [0.2, 0.25) is 5.91 Å². The predicted molar refractivity (Wildman–Crippen MR) is 54.5 cm³/mol. The van der Waals surface area contributed by atoms with E-state index in [9.17, 15) is 9.18 Å². The smallest absolute Gasteiger partial charge is 0.240 e. The van der Waals surface area contributed by atoms with Crippen molar-refractivity contribution in [3.63, 3.8) is 0 Å². The molecule has 2 rings (SSSR count). The molecule has 0 bridgehead atoms. The van der Waals surface area contributed by atoms with Crippen LogP contribution in [0.3, 0.4) is 0 Å². The summed E-state index contributed by atoms with van der Waals surface area (Å²) < 4.78 is 13.5. The Morgan fingerprint density at radius 1 is 1.40 bits per heavy atom. The first-order chi connectivity index (χ1) is 7.11. The average Bonchev–Trinajstić information content (AvgIpc) is 2.47. The Kier molecular flexibility index (Phi) is 2.44. The monoisotopic (exact) mass is 208 g/mol. The lowest BCUT2D eigenvalue weighted by molar-refractivity contribution is -0.128. The molecule has 80 valence electrons. The number of rotatable bonds is 1. The lowest BCUT2D eigenvalue weighted by Gasteiger charge is -2.20. The van der Waals surface area contributed by atoms with Crippen LogP contribution in [0.15, 0.2) is 24.3 Å². The molecular weight excluding hydrogens is 195 g/mol. The summed E-state index contributed by atoms with van der Waals surface area (Å²) in [5.41, 5.74) is 0.512. The molecule has 1 aliphatic heterocycles. The van der Waals surface area contributed by atoms with Crippen molar-refractivity contribution in [3.05, 3.63) is 35.6 Å². The third kappa shape index (κ3) is 1.61. The molecule has 1 heterocycles. The summed E-state index contributed by atoms with van der Waals surface area (Å²) in [4.78, 5) is 13.1. The number of hydrogen-bond donors (Lipinski definition) is 1. The van der Waals surface area contributed by atoms with E-state index >= 15 is 0 Å². The van der Waals surface area contributed by atoms with Crippen molar-refractivity contribution in [1.29, 1.82) is 0 Å². The summed E-state index contributed by atoms with van der Waals surface area (Å²) in [6.45, 7) is 1.78. The minimum Gasteiger partial charge on any atom is -0.325 e. The van der Waals surface area contributed by atoms with Gasteiger partial charge < -0.3 is 4.90 Å². The molecule has 4 heteroatoms. The van der Waals surface area contributed by atoms with Gasteiger partial charge in [0.1, 0.15) is 12.0 Å². The highest BCUT2D eigenvalue weighted by atomic mass is 19.1. The summed E-state index contributed by atoms with van der Waals surface area (Å²) >= 11 is 0. The van der Waals surface area contributed by atoms with E-state index in [1.54, 1.807) is 32.2 Å². The fraction of sp³-hybridized carbons (Fsp3) is 0.364. The van der Waals surface area contributed by atoms with Crippen molar-refractivity contribution in [2.75, 3.05) is 7.05 Å². The number of amides is 1. The molecule has 0 spiro atoms. The molecule has 0 radical (unpaired) electrons. The van der Waals surface area contributed by atoms with Gasteiger partial charge in [-0.15, -0.1) is 0 Å². The Morgan fingerprint density at radius 2 is 2.07 bits per heavy atom. The molecule has 0 aromatic heterocycles. The molecule has 2 unspecified atom stereocenters. The zero-order chi connectivity index (χ0) is 11.0. The topological polar surface area (TPSA) is 32.3 Å². The Labute approximate surface area is 87.9 Å². The summed E-state index contributed by atoms with van der Waals surface area (Å²) in [7, 11) is 1.68. The van der Waals surface area contributed by atoms with Crippen LogP contribution in [-0.2, 0) is 4.79 Å². The van der Waals surface area contributed by atoms with E-state index < -0.39 is 0 Å². The fourth-order valence-corrected chi connectivity index (χ4v) is 1.85. The first-order valence-electron chi connectivity index (χ1n) is 4.88. The van der Waals surface area contributed by atoms with Crippen LogP contribution in [0.1, 0.15) is 18.7 Å². The lowest BCUT2D eigenvalue weighted by atomic mass is 10.1. The van der Waals surface area contributed by atoms with Crippen LogP contribution in [0.2, 0.25) is 0 Å². The predicted octanol–water partition coefficient (Wildman–Crippen LogP) is 1.27. The second-order valence-corrected chi connectivity index (χ2v) is 3.76. The number of hydrogen-bond acceptors (Lipinski definition) is 2. The molecule has 15 heavy (non-hydrogen) atoms. The normalized spacial score (nSPS) is 26.1. The maximum Gasteiger partial charge on any atom is 0.240 e. The Balaban J connectivity index is 2.34. The van der Waals surface area contributed by atoms with Crippen molar-refractivity contribution in [2.45, 2.75) is 19.1 Å². The van der Waals surface area contributed by atoms with Gasteiger partial charge in [-0.2, -0.15) is 0 Å². The fourth-order valence-electron chi connectivity index (χ4n) is 1.85. The van der Waals surface area contributed by atoms with Crippen molar-refractivity contribution < 1.29 is 9.18 Å². The number of carbonyl (C=O) groups excluding carboxylic acids is 1. The minimum absolute atomic E-state index is 0.0109. The third-order valence-corrected chi connectivity index (χ3v) is 2.71. The highest BCUT2D eigenvalue weighted by Crippen LogP contribution is 2.25. The molecule has 1 aliphatic rings. The number of nitrogens with zero attached hydrogens (tertiary/aromatic N) is 1. The molecular formula is C11H13FN2O. The second-order valence-electron chi connectivity index (χ2n) is 3.76. The molecule has 3 nitrogen and oxygen atoms in total. The van der Waals surface area contributed by atoms with Crippen LogP contribution in [0.4, 0.5) is 4.39 Å². The third-order valence-electron chi connectivity index (χ3n) is 2.71. The highest BCUT2D eigenvalue weighted by molar-refractivity contribution is 5.83. The second kappa shape index (κ2) is 3.62. The zero-order valence-corrected chi connectivity index (χ0v) is 8.70. The Morgan fingerprint density at radius 3 is 2.60 bits per heavy atom. The molecule has 1 N–H and O–H groups in total. The van der Waals surface area contributed by atoms with Crippen LogP contribution >= 0.6 is 0 Å². The van der Waals surface area contributed by atoms with Crippen molar-refractivity contribution in [2.24, 2.45) is 0 Å². The molecule has 1 amide bonds. The summed E-state index contributed by atoms with van der Waals surface area (Å²) in [5.74, 6) is -0.299. The van der Waals surface area contributed by atoms with E-state index in [0.717, 1.165) is 0 Å². The van der Waals surface area contributed by atoms with Crippen LogP contribution in [0, 0.1) is 5.82 Å². The molecule has 1 fully saturated rings. The largest absolute Gasteiger partial charge is 0.325 e. The van der Waals surface area contributed by atoms with Gasteiger partial charge in [-0.3, -0.25) is 10.1 Å². The lowest BCUT2D eigenvalue weighted by Crippen LogP contribution is -2.26. The first-order valence-corrected chi connectivity index (χ1v) is 4.88. The Bertz CT molecular complexity index is 394. The molecule has 1 aromatic rings. The standard InChI is InChI=1S/C11H13FN2O/c1-7-11(15)14(2)10(13-7)8-5-3-4-6-9(8)12/h3-7,10,13H,1-2H3. The summed E-state index contributed by atoms with van der Waals surface area (Å²) in [6, 6.07) is 6.24. The molecule has 1 saturated heterocycles. The van der Waals surface area contributed by atoms with E-state index in [1.807, 2.05) is 0 Å². The van der Waals surface area contributed by atoms with E-state index in [4.69, 9.17) is 0 Å². The van der Waals surface area contributed by atoms with Gasteiger partial charge in [-0.25, -0.2) is 4.39 Å². The van der Waals surface area contributed by atoms with Crippen molar-refractivity contribution in [3.8, 4) is 0 Å². The van der Waals surface area contributed by atoms with Gasteiger partial charge in [0, 0.05) is 12.6 Å². The van der Waals surface area contributed by atoms with Gasteiger partial charge in [-0.05, 0) is 13.0 Å². The van der Waals surface area contributed by atoms with E-state index in [-0.39, 0.29) is 23.9 Å². The summed E-state index contributed by atoms with van der Waals surface area (Å²) in [6.07, 6.45) is -0.353. The average molecular weight is 208 g/mol. The summed E-state index contributed by atoms with van der Waals surface area (Å²) in [5, 5.41) is 3.05. The van der Waals surface area contributed by atoms with Crippen LogP contribution in [0.25, 0.3) is 0 Å². The Hall–Kier alpha value is -1.42. The first kappa shape index (κ1) is 10.1. The van der Waals surface area contributed by atoms with Gasteiger partial charge in [-0.1, -0.05) is 18.2 Å². The van der Waals surface area contributed by atoms with Gasteiger partial charge in [0.25, 0.3) is 0 Å². The van der Waals surface area contributed by atoms with Gasteiger partial charge >= 0.3 is 0 Å². The van der Waals surface area contributed by atoms with E-state index in [2.05, 4.69) is 5.32 Å². The maximum absolute atomic E-state index is 13.5.